The zero-order chi connectivity index (χ0) is 19.4. The maximum Gasteiger partial charge on any atom is 0.191 e. The molecule has 0 aromatic heterocycles. The van der Waals surface area contributed by atoms with Gasteiger partial charge in [-0.05, 0) is 60.2 Å². The lowest BCUT2D eigenvalue weighted by atomic mass is 10.1. The van der Waals surface area contributed by atoms with Crippen molar-refractivity contribution in [3.8, 4) is 0 Å². The van der Waals surface area contributed by atoms with Gasteiger partial charge in [0.1, 0.15) is 0 Å². The third-order valence-electron chi connectivity index (χ3n) is 5.23. The summed E-state index contributed by atoms with van der Waals surface area (Å²) in [5.41, 5.74) is 0. The lowest BCUT2D eigenvalue weighted by Gasteiger charge is -2.37. The topological polar surface area (TPSA) is 52.1 Å². The SMILES string of the molecule is CCNC(=NCC(C)N1CCOCC1C)NC(C)CCCN(CC)CC. The molecule has 1 heterocycles. The Morgan fingerprint density at radius 3 is 2.62 bits per heavy atom. The fourth-order valence-electron chi connectivity index (χ4n) is 3.51. The molecule has 3 unspecified atom stereocenters. The minimum atomic E-state index is 0.431. The van der Waals surface area contributed by atoms with Crippen LogP contribution in [0.4, 0.5) is 0 Å². The molecule has 3 atom stereocenters. The summed E-state index contributed by atoms with van der Waals surface area (Å²) in [6.07, 6.45) is 2.38. The molecule has 0 radical (unpaired) electrons. The highest BCUT2D eigenvalue weighted by Gasteiger charge is 2.23. The van der Waals surface area contributed by atoms with E-state index in [4.69, 9.17) is 9.73 Å². The fraction of sp³-hybridized carbons (Fsp3) is 0.950. The molecule has 1 aliphatic heterocycles. The second-order valence-electron chi connectivity index (χ2n) is 7.44. The molecule has 0 bridgehead atoms. The van der Waals surface area contributed by atoms with Crippen LogP contribution in [0.25, 0.3) is 0 Å². The predicted molar refractivity (Wildman–Crippen MR) is 112 cm³/mol. The number of morpholine rings is 1. The van der Waals surface area contributed by atoms with Crippen molar-refractivity contribution in [2.75, 3.05) is 52.5 Å². The highest BCUT2D eigenvalue weighted by Crippen LogP contribution is 2.11. The van der Waals surface area contributed by atoms with Crippen LogP contribution in [-0.2, 0) is 4.74 Å². The maximum atomic E-state index is 5.54. The Hall–Kier alpha value is -0.850. The zero-order valence-corrected chi connectivity index (χ0v) is 18.1. The zero-order valence-electron chi connectivity index (χ0n) is 18.1. The first-order valence-corrected chi connectivity index (χ1v) is 10.6. The average molecular weight is 370 g/mol. The van der Waals surface area contributed by atoms with E-state index in [9.17, 15) is 0 Å². The van der Waals surface area contributed by atoms with E-state index in [1.54, 1.807) is 0 Å². The molecule has 0 amide bonds. The third-order valence-corrected chi connectivity index (χ3v) is 5.23. The molecule has 1 saturated heterocycles. The predicted octanol–water partition coefficient (Wildman–Crippen LogP) is 2.16. The molecular formula is C20H43N5O. The van der Waals surface area contributed by atoms with E-state index < -0.39 is 0 Å². The molecule has 26 heavy (non-hydrogen) atoms. The molecule has 2 N–H and O–H groups in total. The van der Waals surface area contributed by atoms with Gasteiger partial charge in [0.15, 0.2) is 5.96 Å². The van der Waals surface area contributed by atoms with Crippen LogP contribution < -0.4 is 10.6 Å². The Bertz CT molecular complexity index is 386. The van der Waals surface area contributed by atoms with E-state index in [1.807, 2.05) is 0 Å². The van der Waals surface area contributed by atoms with Gasteiger partial charge in [0.25, 0.3) is 0 Å². The molecule has 0 aromatic rings. The van der Waals surface area contributed by atoms with Crippen LogP contribution in [0.1, 0.15) is 54.4 Å². The molecule has 6 heteroatoms. The average Bonchev–Trinajstić information content (AvgIpc) is 2.63. The Balaban J connectivity index is 2.43. The standard InChI is InChI=1S/C20H43N5O/c1-7-21-20(23-17(4)11-10-12-24(8-2)9-3)22-15-18(5)25-13-14-26-16-19(25)6/h17-19H,7-16H2,1-6H3,(H2,21,22,23). The molecule has 0 saturated carbocycles. The van der Waals surface area contributed by atoms with E-state index in [2.05, 4.69) is 62.0 Å². The van der Waals surface area contributed by atoms with Gasteiger partial charge < -0.3 is 20.3 Å². The Labute approximate surface area is 161 Å². The summed E-state index contributed by atoms with van der Waals surface area (Å²) in [4.78, 5) is 9.83. The van der Waals surface area contributed by atoms with Crippen LogP contribution in [-0.4, -0.2) is 86.4 Å². The summed E-state index contributed by atoms with van der Waals surface area (Å²) in [5.74, 6) is 0.940. The number of ether oxygens (including phenoxy) is 1. The van der Waals surface area contributed by atoms with Crippen LogP contribution >= 0.6 is 0 Å². The number of nitrogens with one attached hydrogen (secondary N) is 2. The molecule has 0 aliphatic carbocycles. The summed E-state index contributed by atoms with van der Waals surface area (Å²) >= 11 is 0. The summed E-state index contributed by atoms with van der Waals surface area (Å²) < 4.78 is 5.54. The smallest absolute Gasteiger partial charge is 0.191 e. The summed E-state index contributed by atoms with van der Waals surface area (Å²) in [6, 6.07) is 1.34. The highest BCUT2D eigenvalue weighted by atomic mass is 16.5. The Morgan fingerprint density at radius 1 is 1.27 bits per heavy atom. The number of nitrogens with zero attached hydrogens (tertiary/aromatic N) is 3. The van der Waals surface area contributed by atoms with Crippen molar-refractivity contribution in [2.24, 2.45) is 4.99 Å². The second kappa shape index (κ2) is 13.3. The second-order valence-corrected chi connectivity index (χ2v) is 7.44. The maximum absolute atomic E-state index is 5.54. The van der Waals surface area contributed by atoms with E-state index >= 15 is 0 Å². The number of hydrogen-bond acceptors (Lipinski definition) is 4. The van der Waals surface area contributed by atoms with Gasteiger partial charge in [-0.1, -0.05) is 13.8 Å². The Morgan fingerprint density at radius 2 is 2.00 bits per heavy atom. The van der Waals surface area contributed by atoms with Gasteiger partial charge in [0.05, 0.1) is 19.8 Å². The lowest BCUT2D eigenvalue weighted by molar-refractivity contribution is -0.0165. The van der Waals surface area contributed by atoms with Gasteiger partial charge >= 0.3 is 0 Å². The van der Waals surface area contributed by atoms with Crippen molar-refractivity contribution < 1.29 is 4.74 Å². The van der Waals surface area contributed by atoms with Crippen molar-refractivity contribution in [2.45, 2.75) is 72.5 Å². The van der Waals surface area contributed by atoms with Crippen molar-refractivity contribution in [3.05, 3.63) is 0 Å². The van der Waals surface area contributed by atoms with Gasteiger partial charge in [-0.25, -0.2) is 0 Å². The van der Waals surface area contributed by atoms with E-state index in [1.165, 1.54) is 13.0 Å². The normalized spacial score (nSPS) is 21.7. The Kier molecular flexibility index (Phi) is 11.9. The molecule has 0 aromatic carbocycles. The quantitative estimate of drug-likeness (QED) is 0.432. The van der Waals surface area contributed by atoms with E-state index in [0.717, 1.165) is 58.3 Å². The van der Waals surface area contributed by atoms with Crippen LogP contribution in [0.5, 0.6) is 0 Å². The van der Waals surface area contributed by atoms with Crippen LogP contribution in [0.15, 0.2) is 4.99 Å². The minimum absolute atomic E-state index is 0.431. The van der Waals surface area contributed by atoms with E-state index in [0.29, 0.717) is 18.1 Å². The molecule has 0 spiro atoms. The van der Waals surface area contributed by atoms with Gasteiger partial charge in [-0.2, -0.15) is 0 Å². The fourth-order valence-corrected chi connectivity index (χ4v) is 3.51. The monoisotopic (exact) mass is 369 g/mol. The van der Waals surface area contributed by atoms with Gasteiger partial charge in [-0.15, -0.1) is 0 Å². The van der Waals surface area contributed by atoms with Gasteiger partial charge in [0, 0.05) is 31.2 Å². The number of aliphatic imine (C=N–C) groups is 1. The minimum Gasteiger partial charge on any atom is -0.379 e. The summed E-state index contributed by atoms with van der Waals surface area (Å²) in [6.45, 7) is 21.2. The summed E-state index contributed by atoms with van der Waals surface area (Å²) in [7, 11) is 0. The van der Waals surface area contributed by atoms with Gasteiger partial charge in [0.2, 0.25) is 0 Å². The van der Waals surface area contributed by atoms with Crippen LogP contribution in [0, 0.1) is 0 Å². The van der Waals surface area contributed by atoms with E-state index in [-0.39, 0.29) is 0 Å². The first-order valence-electron chi connectivity index (χ1n) is 10.6. The number of guanidine groups is 1. The van der Waals surface area contributed by atoms with Crippen molar-refractivity contribution >= 4 is 5.96 Å². The number of rotatable bonds is 11. The van der Waals surface area contributed by atoms with Crippen molar-refractivity contribution in [1.82, 2.24) is 20.4 Å². The van der Waals surface area contributed by atoms with Crippen LogP contribution in [0.2, 0.25) is 0 Å². The molecule has 1 fully saturated rings. The summed E-state index contributed by atoms with van der Waals surface area (Å²) in [5, 5.41) is 6.96. The molecule has 1 aliphatic rings. The third kappa shape index (κ3) is 8.69. The van der Waals surface area contributed by atoms with Crippen LogP contribution in [0.3, 0.4) is 0 Å². The van der Waals surface area contributed by atoms with Crippen molar-refractivity contribution in [3.63, 3.8) is 0 Å². The molecule has 154 valence electrons. The molecule has 1 rings (SSSR count). The largest absolute Gasteiger partial charge is 0.379 e. The van der Waals surface area contributed by atoms with Gasteiger partial charge in [-0.3, -0.25) is 9.89 Å². The first-order chi connectivity index (χ1) is 12.5. The molecular weight excluding hydrogens is 326 g/mol. The number of hydrogen-bond donors (Lipinski definition) is 2. The first kappa shape index (κ1) is 23.2. The highest BCUT2D eigenvalue weighted by molar-refractivity contribution is 5.80. The lowest BCUT2D eigenvalue weighted by Crippen LogP contribution is -2.50. The van der Waals surface area contributed by atoms with Crippen molar-refractivity contribution in [1.29, 1.82) is 0 Å². The molecule has 6 nitrogen and oxygen atoms in total.